The van der Waals surface area contributed by atoms with Crippen LogP contribution in [0, 0.1) is 0 Å². The van der Waals surface area contributed by atoms with E-state index in [1.807, 2.05) is 73.2 Å². The summed E-state index contributed by atoms with van der Waals surface area (Å²) in [7, 11) is 0. The van der Waals surface area contributed by atoms with Crippen LogP contribution in [0.1, 0.15) is 0 Å². The molecule has 4 aromatic heterocycles. The Balaban J connectivity index is 1.12. The van der Waals surface area contributed by atoms with Gasteiger partial charge < -0.3 is 0 Å². The minimum absolute atomic E-state index is 0.866. The van der Waals surface area contributed by atoms with Crippen molar-refractivity contribution in [3.63, 3.8) is 0 Å². The van der Waals surface area contributed by atoms with Gasteiger partial charge in [0.1, 0.15) is 0 Å². The number of benzene rings is 6. The smallest absolute Gasteiger partial charge is 0.0721 e. The lowest BCUT2D eigenvalue weighted by molar-refractivity contribution is 1.30. The zero-order chi connectivity index (χ0) is 40.1. The molecule has 282 valence electrons. The molecule has 10 rings (SSSR count). The zero-order valence-corrected chi connectivity index (χ0v) is 32.7. The average molecular weight is 767 g/mol. The monoisotopic (exact) mass is 766 g/mol. The molecule has 60 heavy (non-hydrogen) atoms. The van der Waals surface area contributed by atoms with Crippen molar-refractivity contribution in [1.82, 2.24) is 19.9 Å². The van der Waals surface area contributed by atoms with Gasteiger partial charge in [0.2, 0.25) is 0 Å². The normalized spacial score (nSPS) is 11.0. The lowest BCUT2D eigenvalue weighted by Crippen LogP contribution is -1.96. The molecule has 0 unspecified atom stereocenters. The van der Waals surface area contributed by atoms with E-state index in [4.69, 9.17) is 19.9 Å². The van der Waals surface area contributed by atoms with E-state index in [9.17, 15) is 0 Å². The van der Waals surface area contributed by atoms with Crippen molar-refractivity contribution in [2.45, 2.75) is 0 Å². The maximum absolute atomic E-state index is 5.50. The highest BCUT2D eigenvalue weighted by Gasteiger charge is 2.18. The number of aromatic nitrogens is 4. The van der Waals surface area contributed by atoms with E-state index in [0.29, 0.717) is 0 Å². The molecule has 0 spiro atoms. The van der Waals surface area contributed by atoms with Crippen molar-refractivity contribution >= 4 is 0 Å². The Hall–Kier alpha value is -8.08. The van der Waals surface area contributed by atoms with Crippen LogP contribution in [0.25, 0.3) is 101 Å². The molecule has 0 aliphatic rings. The largest absolute Gasteiger partial charge is 0.256 e. The van der Waals surface area contributed by atoms with E-state index >= 15 is 0 Å². The van der Waals surface area contributed by atoms with Gasteiger partial charge in [-0.05, 0) is 58.1 Å². The molecule has 0 saturated heterocycles. The van der Waals surface area contributed by atoms with Crippen LogP contribution in [-0.4, -0.2) is 19.9 Å². The first-order valence-electron chi connectivity index (χ1n) is 20.1. The minimum atomic E-state index is 0.866. The summed E-state index contributed by atoms with van der Waals surface area (Å²) in [5.41, 5.74) is 18.3. The molecule has 0 aliphatic carbocycles. The van der Waals surface area contributed by atoms with E-state index in [0.717, 1.165) is 101 Å². The second-order valence-electron chi connectivity index (χ2n) is 14.7. The third-order valence-corrected chi connectivity index (χ3v) is 10.9. The lowest BCUT2D eigenvalue weighted by atomic mass is 9.91. The first-order chi connectivity index (χ1) is 29.7. The second-order valence-corrected chi connectivity index (χ2v) is 14.7. The van der Waals surface area contributed by atoms with Gasteiger partial charge in [-0.3, -0.25) is 15.0 Å². The molecule has 0 fully saturated rings. The molecule has 0 bridgehead atoms. The fourth-order valence-electron chi connectivity index (χ4n) is 7.86. The van der Waals surface area contributed by atoms with Gasteiger partial charge in [-0.15, -0.1) is 0 Å². The number of hydrogen-bond donors (Lipinski definition) is 0. The third kappa shape index (κ3) is 7.42. The highest BCUT2D eigenvalue weighted by Crippen LogP contribution is 2.41. The number of hydrogen-bond acceptors (Lipinski definition) is 4. The summed E-state index contributed by atoms with van der Waals surface area (Å²) in [5, 5.41) is 0. The van der Waals surface area contributed by atoms with Gasteiger partial charge in [-0.25, -0.2) is 4.98 Å². The van der Waals surface area contributed by atoms with Crippen molar-refractivity contribution in [2.75, 3.05) is 0 Å². The van der Waals surface area contributed by atoms with Crippen LogP contribution in [0.15, 0.2) is 231 Å². The summed E-state index contributed by atoms with van der Waals surface area (Å²) < 4.78 is 0. The molecule has 0 aliphatic heterocycles. The van der Waals surface area contributed by atoms with E-state index < -0.39 is 0 Å². The standard InChI is InChI=1S/C56H38N4/c1-4-16-39(17-5-1)52-31-28-42(36-57-52)46-22-10-11-25-49(46)45-34-55(50-26-14-12-23-47(50)43-29-32-53(58-37-43)40-18-6-2-7-19-40)60-56(35-45)51-27-15-13-24-48(51)44-30-33-54(59-38-44)41-20-8-3-9-21-41/h1-38H. The summed E-state index contributed by atoms with van der Waals surface area (Å²) in [5.74, 6) is 0. The fraction of sp³-hybridized carbons (Fsp3) is 0. The van der Waals surface area contributed by atoms with Crippen molar-refractivity contribution in [1.29, 1.82) is 0 Å². The molecule has 0 radical (unpaired) electrons. The summed E-state index contributed by atoms with van der Waals surface area (Å²) in [6.45, 7) is 0. The second kappa shape index (κ2) is 16.4. The quantitative estimate of drug-likeness (QED) is 0.147. The molecule has 0 N–H and O–H groups in total. The molecule has 0 amide bonds. The van der Waals surface area contributed by atoms with Crippen LogP contribution in [0.2, 0.25) is 0 Å². The Bertz CT molecular complexity index is 2690. The van der Waals surface area contributed by atoms with Crippen molar-refractivity contribution in [3.05, 3.63) is 231 Å². The van der Waals surface area contributed by atoms with Crippen LogP contribution < -0.4 is 0 Å². The van der Waals surface area contributed by atoms with Gasteiger partial charge in [0.05, 0.1) is 28.5 Å². The Labute approximate surface area is 350 Å². The average Bonchev–Trinajstić information content (AvgIpc) is 3.35. The number of rotatable bonds is 9. The highest BCUT2D eigenvalue weighted by molar-refractivity contribution is 5.91. The Morgan fingerprint density at radius 2 is 0.483 bits per heavy atom. The summed E-state index contributed by atoms with van der Waals surface area (Å²) in [6, 6.07) is 73.6. The molecule has 6 aromatic carbocycles. The first kappa shape index (κ1) is 36.3. The number of pyridine rings is 4. The van der Waals surface area contributed by atoms with E-state index in [1.54, 1.807) is 0 Å². The van der Waals surface area contributed by atoms with Gasteiger partial charge in [0.25, 0.3) is 0 Å². The first-order valence-corrected chi connectivity index (χ1v) is 20.1. The van der Waals surface area contributed by atoms with Gasteiger partial charge in [0, 0.05) is 63.1 Å². The number of nitrogens with zero attached hydrogens (tertiary/aromatic N) is 4. The lowest BCUT2D eigenvalue weighted by Gasteiger charge is -2.17. The molecule has 0 saturated carbocycles. The molecule has 10 aromatic rings. The Kier molecular flexibility index (Phi) is 9.92. The van der Waals surface area contributed by atoms with Crippen molar-refractivity contribution in [3.8, 4) is 101 Å². The molecule has 4 nitrogen and oxygen atoms in total. The predicted octanol–water partition coefficient (Wildman–Crippen LogP) is 14.3. The predicted molar refractivity (Wildman–Crippen MR) is 247 cm³/mol. The molecule has 4 heterocycles. The van der Waals surface area contributed by atoms with Crippen LogP contribution in [0.3, 0.4) is 0 Å². The summed E-state index contributed by atoms with van der Waals surface area (Å²) >= 11 is 0. The van der Waals surface area contributed by atoms with Gasteiger partial charge >= 0.3 is 0 Å². The molecular weight excluding hydrogens is 729 g/mol. The van der Waals surface area contributed by atoms with Gasteiger partial charge in [-0.1, -0.05) is 182 Å². The van der Waals surface area contributed by atoms with Gasteiger partial charge in [0.15, 0.2) is 0 Å². The highest BCUT2D eigenvalue weighted by atomic mass is 14.7. The van der Waals surface area contributed by atoms with Gasteiger partial charge in [-0.2, -0.15) is 0 Å². The SMILES string of the molecule is c1ccc(-c2ccc(-c3ccccc3-c3cc(-c4ccccc4-c4ccc(-c5ccccc5)nc4)nc(-c4ccccc4-c4ccc(-c5ccccc5)nc4)c3)cn2)cc1. The zero-order valence-electron chi connectivity index (χ0n) is 32.7. The summed E-state index contributed by atoms with van der Waals surface area (Å²) in [6.07, 6.45) is 5.91. The maximum atomic E-state index is 5.50. The van der Waals surface area contributed by atoms with Crippen LogP contribution in [0.5, 0.6) is 0 Å². The van der Waals surface area contributed by atoms with Crippen LogP contribution >= 0.6 is 0 Å². The molecule has 0 atom stereocenters. The Morgan fingerprint density at radius 3 is 0.800 bits per heavy atom. The van der Waals surface area contributed by atoms with Crippen molar-refractivity contribution in [2.24, 2.45) is 0 Å². The maximum Gasteiger partial charge on any atom is 0.0721 e. The Morgan fingerprint density at radius 1 is 0.200 bits per heavy atom. The topological polar surface area (TPSA) is 51.6 Å². The van der Waals surface area contributed by atoms with E-state index in [-0.39, 0.29) is 0 Å². The van der Waals surface area contributed by atoms with E-state index in [1.165, 1.54) is 0 Å². The van der Waals surface area contributed by atoms with Crippen molar-refractivity contribution < 1.29 is 0 Å². The summed E-state index contributed by atoms with van der Waals surface area (Å²) in [4.78, 5) is 20.2. The molecule has 4 heteroatoms. The molecular formula is C56H38N4. The van der Waals surface area contributed by atoms with Crippen LogP contribution in [-0.2, 0) is 0 Å². The fourth-order valence-corrected chi connectivity index (χ4v) is 7.86. The van der Waals surface area contributed by atoms with E-state index in [2.05, 4.69) is 158 Å². The third-order valence-electron chi connectivity index (χ3n) is 10.9. The van der Waals surface area contributed by atoms with Crippen LogP contribution in [0.4, 0.5) is 0 Å². The minimum Gasteiger partial charge on any atom is -0.256 e.